The minimum absolute atomic E-state index is 1.07. The summed E-state index contributed by atoms with van der Waals surface area (Å²) in [6, 6.07) is 6.14. The minimum Gasteiger partial charge on any atom is -0.260 e. The molecule has 0 N–H and O–H groups in total. The van der Waals surface area contributed by atoms with Crippen molar-refractivity contribution < 1.29 is 0 Å². The highest BCUT2D eigenvalue weighted by molar-refractivity contribution is 7.98. The Morgan fingerprint density at radius 1 is 1.06 bits per heavy atom. The third-order valence-corrected chi connectivity index (χ3v) is 3.70. The van der Waals surface area contributed by atoms with Crippen molar-refractivity contribution in [2.24, 2.45) is 0 Å². The molecule has 0 bridgehead atoms. The van der Waals surface area contributed by atoms with Crippen LogP contribution in [-0.2, 0) is 5.75 Å². The number of hydrogen-bond donors (Lipinski definition) is 0. The van der Waals surface area contributed by atoms with Gasteiger partial charge in [0.05, 0.1) is 5.69 Å². The van der Waals surface area contributed by atoms with Crippen molar-refractivity contribution >= 4 is 11.8 Å². The molecule has 0 saturated carbocycles. The van der Waals surface area contributed by atoms with Crippen LogP contribution in [0.4, 0.5) is 0 Å². The van der Waals surface area contributed by atoms with Gasteiger partial charge in [0, 0.05) is 11.9 Å². The molecule has 0 atom stereocenters. The van der Waals surface area contributed by atoms with Gasteiger partial charge in [-0.1, -0.05) is 45.1 Å². The summed E-state index contributed by atoms with van der Waals surface area (Å²) in [5.41, 5.74) is 1.21. The molecule has 1 aromatic heterocycles. The molecule has 0 amide bonds. The van der Waals surface area contributed by atoms with E-state index in [4.69, 9.17) is 0 Å². The second kappa shape index (κ2) is 9.71. The fourth-order valence-electron chi connectivity index (χ4n) is 1.64. The van der Waals surface area contributed by atoms with E-state index >= 15 is 0 Å². The second-order valence-electron chi connectivity index (χ2n) is 4.14. The molecular weight excluding hydrogens is 214 g/mol. The van der Waals surface area contributed by atoms with Gasteiger partial charge >= 0.3 is 0 Å². The highest BCUT2D eigenvalue weighted by Crippen LogP contribution is 2.13. The maximum absolute atomic E-state index is 4.32. The normalized spacial score (nSPS) is 10.6. The summed E-state index contributed by atoms with van der Waals surface area (Å²) < 4.78 is 0. The first-order valence-corrected chi connectivity index (χ1v) is 7.56. The Hall–Kier alpha value is -0.500. The summed E-state index contributed by atoms with van der Waals surface area (Å²) in [4.78, 5) is 4.32. The summed E-state index contributed by atoms with van der Waals surface area (Å²) in [5, 5.41) is 0. The van der Waals surface area contributed by atoms with Gasteiger partial charge in [0.15, 0.2) is 0 Å². The van der Waals surface area contributed by atoms with Gasteiger partial charge < -0.3 is 0 Å². The minimum atomic E-state index is 1.07. The number of unbranched alkanes of at least 4 members (excludes halogenated alkanes) is 5. The summed E-state index contributed by atoms with van der Waals surface area (Å²) >= 11 is 2.01. The van der Waals surface area contributed by atoms with Gasteiger partial charge in [-0.05, 0) is 24.3 Å². The first-order valence-electron chi connectivity index (χ1n) is 6.41. The van der Waals surface area contributed by atoms with E-state index in [2.05, 4.69) is 24.0 Å². The topological polar surface area (TPSA) is 12.9 Å². The van der Waals surface area contributed by atoms with Crippen molar-refractivity contribution in [1.82, 2.24) is 4.98 Å². The number of thioether (sulfide) groups is 1. The van der Waals surface area contributed by atoms with E-state index in [1.807, 2.05) is 24.0 Å². The molecular formula is C14H23NS. The monoisotopic (exact) mass is 237 g/mol. The lowest BCUT2D eigenvalue weighted by Crippen LogP contribution is -1.87. The molecule has 0 aliphatic carbocycles. The maximum Gasteiger partial charge on any atom is 0.0502 e. The molecule has 0 saturated heterocycles. The Balaban J connectivity index is 1.89. The molecule has 16 heavy (non-hydrogen) atoms. The number of aromatic nitrogens is 1. The average molecular weight is 237 g/mol. The van der Waals surface area contributed by atoms with Gasteiger partial charge in [-0.15, -0.1) is 0 Å². The van der Waals surface area contributed by atoms with Gasteiger partial charge in [-0.3, -0.25) is 4.98 Å². The van der Waals surface area contributed by atoms with Crippen LogP contribution in [0.3, 0.4) is 0 Å². The van der Waals surface area contributed by atoms with Crippen molar-refractivity contribution in [2.75, 3.05) is 5.75 Å². The maximum atomic E-state index is 4.32. The zero-order valence-corrected chi connectivity index (χ0v) is 11.1. The van der Waals surface area contributed by atoms with Crippen LogP contribution in [0.5, 0.6) is 0 Å². The van der Waals surface area contributed by atoms with Gasteiger partial charge in [0.1, 0.15) is 0 Å². The summed E-state index contributed by atoms with van der Waals surface area (Å²) in [7, 11) is 0. The van der Waals surface area contributed by atoms with Crippen LogP contribution in [-0.4, -0.2) is 10.7 Å². The number of nitrogens with zero attached hydrogens (tertiary/aromatic N) is 1. The van der Waals surface area contributed by atoms with Crippen LogP contribution < -0.4 is 0 Å². The Bertz CT molecular complexity index is 248. The second-order valence-corrected chi connectivity index (χ2v) is 5.25. The molecule has 0 aliphatic heterocycles. The number of pyridine rings is 1. The van der Waals surface area contributed by atoms with Crippen LogP contribution >= 0.6 is 11.8 Å². The molecule has 0 unspecified atom stereocenters. The molecule has 1 rings (SSSR count). The molecule has 0 radical (unpaired) electrons. The van der Waals surface area contributed by atoms with E-state index in [1.54, 1.807) is 0 Å². The molecule has 90 valence electrons. The van der Waals surface area contributed by atoms with Gasteiger partial charge in [-0.25, -0.2) is 0 Å². The molecule has 0 aliphatic rings. The van der Waals surface area contributed by atoms with E-state index in [0.29, 0.717) is 0 Å². The van der Waals surface area contributed by atoms with Crippen molar-refractivity contribution in [3.63, 3.8) is 0 Å². The standard InChI is InChI=1S/C14H23NS/c1-2-3-4-5-6-9-12-16-13-14-10-7-8-11-15-14/h7-8,10-11H,2-6,9,12-13H2,1H3. The molecule has 0 spiro atoms. The van der Waals surface area contributed by atoms with E-state index in [0.717, 1.165) is 5.75 Å². The number of rotatable bonds is 9. The summed E-state index contributed by atoms with van der Waals surface area (Å²) in [6.07, 6.45) is 10.2. The zero-order valence-electron chi connectivity index (χ0n) is 10.3. The van der Waals surface area contributed by atoms with E-state index in [9.17, 15) is 0 Å². The van der Waals surface area contributed by atoms with Gasteiger partial charge in [0.2, 0.25) is 0 Å². The Morgan fingerprint density at radius 2 is 1.88 bits per heavy atom. The smallest absolute Gasteiger partial charge is 0.0502 e. The average Bonchev–Trinajstić information content (AvgIpc) is 2.34. The predicted molar refractivity (Wildman–Crippen MR) is 73.8 cm³/mol. The van der Waals surface area contributed by atoms with Crippen LogP contribution in [0.2, 0.25) is 0 Å². The Labute approximate surface area is 104 Å². The molecule has 0 fully saturated rings. The molecule has 1 nitrogen and oxygen atoms in total. The van der Waals surface area contributed by atoms with E-state index in [-0.39, 0.29) is 0 Å². The SMILES string of the molecule is CCCCCCCCSCc1ccccn1. The summed E-state index contributed by atoms with van der Waals surface area (Å²) in [6.45, 7) is 2.27. The van der Waals surface area contributed by atoms with Crippen LogP contribution in [0.1, 0.15) is 51.1 Å². The third-order valence-electron chi connectivity index (χ3n) is 2.62. The predicted octanol–water partition coefficient (Wildman–Crippen LogP) is 4.68. The third kappa shape index (κ3) is 6.89. The fraction of sp³-hybridized carbons (Fsp3) is 0.643. The van der Waals surface area contributed by atoms with E-state index < -0.39 is 0 Å². The lowest BCUT2D eigenvalue weighted by atomic mass is 10.1. The number of hydrogen-bond acceptors (Lipinski definition) is 2. The lowest BCUT2D eigenvalue weighted by Gasteiger charge is -2.01. The van der Waals surface area contributed by atoms with Gasteiger partial charge in [-0.2, -0.15) is 11.8 Å². The lowest BCUT2D eigenvalue weighted by molar-refractivity contribution is 0.627. The van der Waals surface area contributed by atoms with Crippen molar-refractivity contribution in [1.29, 1.82) is 0 Å². The van der Waals surface area contributed by atoms with Gasteiger partial charge in [0.25, 0.3) is 0 Å². The van der Waals surface area contributed by atoms with Crippen LogP contribution in [0.15, 0.2) is 24.4 Å². The van der Waals surface area contributed by atoms with E-state index in [1.165, 1.54) is 50.0 Å². The Morgan fingerprint density at radius 3 is 2.62 bits per heavy atom. The first kappa shape index (κ1) is 13.6. The summed E-state index contributed by atoms with van der Waals surface area (Å²) in [5.74, 6) is 2.35. The van der Waals surface area contributed by atoms with Crippen LogP contribution in [0.25, 0.3) is 0 Å². The molecule has 1 heterocycles. The highest BCUT2D eigenvalue weighted by Gasteiger charge is 1.94. The Kier molecular flexibility index (Phi) is 8.23. The highest BCUT2D eigenvalue weighted by atomic mass is 32.2. The molecule has 1 aromatic rings. The largest absolute Gasteiger partial charge is 0.260 e. The first-order chi connectivity index (χ1) is 7.93. The fourth-order valence-corrected chi connectivity index (χ4v) is 2.58. The van der Waals surface area contributed by atoms with Crippen molar-refractivity contribution in [2.45, 2.75) is 51.2 Å². The van der Waals surface area contributed by atoms with Crippen molar-refractivity contribution in [3.05, 3.63) is 30.1 Å². The molecule has 2 heteroatoms. The van der Waals surface area contributed by atoms with Crippen molar-refractivity contribution in [3.8, 4) is 0 Å². The zero-order chi connectivity index (χ0) is 11.5. The quantitative estimate of drug-likeness (QED) is 0.579. The molecule has 0 aromatic carbocycles. The van der Waals surface area contributed by atoms with Crippen LogP contribution in [0, 0.1) is 0 Å².